The van der Waals surface area contributed by atoms with Crippen LogP contribution in [0.3, 0.4) is 0 Å². The Balaban J connectivity index is 1.61. The Morgan fingerprint density at radius 1 is 1.12 bits per heavy atom. The molecule has 6 nitrogen and oxygen atoms in total. The van der Waals surface area contributed by atoms with E-state index in [0.29, 0.717) is 19.5 Å². The van der Waals surface area contributed by atoms with Gasteiger partial charge in [0.05, 0.1) is 23.4 Å². The maximum absolute atomic E-state index is 12.2. The molecule has 0 unspecified atom stereocenters. The highest BCUT2D eigenvalue weighted by atomic mass is 16.1. The van der Waals surface area contributed by atoms with Gasteiger partial charge in [0.15, 0.2) is 0 Å². The molecule has 0 atom stereocenters. The zero-order valence-electron chi connectivity index (χ0n) is 14.6. The highest BCUT2D eigenvalue weighted by molar-refractivity contribution is 5.82. The number of fused-ring (bicyclic) bond motifs is 1. The van der Waals surface area contributed by atoms with E-state index in [9.17, 15) is 4.79 Å². The maximum Gasteiger partial charge on any atom is 0.222 e. The quantitative estimate of drug-likeness (QED) is 0.783. The standard InChI is InChI=1S/C18H23N5O/c1-12-15-7-5-6-8-17(15)23(21-12)10-9-18(24)19-11-16-13(2)20-22(4)14(16)3/h5-8H,9-11H2,1-4H3,(H,19,24). The van der Waals surface area contributed by atoms with Gasteiger partial charge < -0.3 is 5.32 Å². The van der Waals surface area contributed by atoms with E-state index in [0.717, 1.165) is 33.5 Å². The lowest BCUT2D eigenvalue weighted by Crippen LogP contribution is -2.24. The molecule has 0 saturated heterocycles. The molecule has 0 radical (unpaired) electrons. The van der Waals surface area contributed by atoms with E-state index >= 15 is 0 Å². The van der Waals surface area contributed by atoms with Gasteiger partial charge in [-0.3, -0.25) is 14.2 Å². The van der Waals surface area contributed by atoms with Gasteiger partial charge in [-0.25, -0.2) is 0 Å². The van der Waals surface area contributed by atoms with E-state index in [1.165, 1.54) is 0 Å². The fourth-order valence-electron chi connectivity index (χ4n) is 3.02. The predicted molar refractivity (Wildman–Crippen MR) is 93.6 cm³/mol. The SMILES string of the molecule is Cc1nn(C)c(C)c1CNC(=O)CCn1nc(C)c2ccccc21. The van der Waals surface area contributed by atoms with Gasteiger partial charge in [-0.1, -0.05) is 18.2 Å². The molecule has 24 heavy (non-hydrogen) atoms. The smallest absolute Gasteiger partial charge is 0.222 e. The van der Waals surface area contributed by atoms with Gasteiger partial charge in [-0.05, 0) is 26.8 Å². The van der Waals surface area contributed by atoms with Gasteiger partial charge in [0, 0.05) is 36.7 Å². The second-order valence-electron chi connectivity index (χ2n) is 6.13. The van der Waals surface area contributed by atoms with Gasteiger partial charge in [0.25, 0.3) is 0 Å². The molecule has 2 aromatic heterocycles. The summed E-state index contributed by atoms with van der Waals surface area (Å²) in [5.74, 6) is 0.0230. The Labute approximate surface area is 141 Å². The number of para-hydroxylation sites is 1. The Bertz CT molecular complexity index is 890. The topological polar surface area (TPSA) is 64.7 Å². The first-order chi connectivity index (χ1) is 11.5. The molecule has 1 aromatic carbocycles. The Morgan fingerprint density at radius 2 is 1.88 bits per heavy atom. The lowest BCUT2D eigenvalue weighted by atomic mass is 10.2. The second kappa shape index (κ2) is 6.47. The average Bonchev–Trinajstić information content (AvgIpc) is 3.01. The van der Waals surface area contributed by atoms with Crippen LogP contribution in [0.25, 0.3) is 10.9 Å². The number of aryl methyl sites for hydroxylation is 4. The van der Waals surface area contributed by atoms with Crippen molar-refractivity contribution in [3.63, 3.8) is 0 Å². The first-order valence-electron chi connectivity index (χ1n) is 8.15. The van der Waals surface area contributed by atoms with Crippen molar-refractivity contribution in [2.24, 2.45) is 7.05 Å². The number of rotatable bonds is 5. The Hall–Kier alpha value is -2.63. The molecule has 0 aliphatic carbocycles. The van der Waals surface area contributed by atoms with E-state index in [-0.39, 0.29) is 5.91 Å². The molecule has 0 fully saturated rings. The molecule has 3 rings (SSSR count). The number of hydrogen-bond donors (Lipinski definition) is 1. The minimum absolute atomic E-state index is 0.0230. The van der Waals surface area contributed by atoms with Crippen molar-refractivity contribution in [2.45, 2.75) is 40.3 Å². The molecule has 0 aliphatic heterocycles. The van der Waals surface area contributed by atoms with E-state index in [4.69, 9.17) is 0 Å². The Morgan fingerprint density at radius 3 is 2.58 bits per heavy atom. The van der Waals surface area contributed by atoms with Crippen LogP contribution in [0.1, 0.15) is 29.1 Å². The maximum atomic E-state index is 12.2. The molecule has 3 aromatic rings. The van der Waals surface area contributed by atoms with E-state index in [1.807, 2.05) is 55.4 Å². The fraction of sp³-hybridized carbons (Fsp3) is 0.389. The summed E-state index contributed by atoms with van der Waals surface area (Å²) in [7, 11) is 1.92. The number of nitrogens with zero attached hydrogens (tertiary/aromatic N) is 4. The van der Waals surface area contributed by atoms with Crippen LogP contribution >= 0.6 is 0 Å². The molecule has 0 aliphatic rings. The van der Waals surface area contributed by atoms with Crippen LogP contribution in [-0.2, 0) is 24.9 Å². The largest absolute Gasteiger partial charge is 0.352 e. The third kappa shape index (κ3) is 3.04. The number of amides is 1. The molecule has 1 amide bonds. The molecule has 126 valence electrons. The molecule has 1 N–H and O–H groups in total. The second-order valence-corrected chi connectivity index (χ2v) is 6.13. The van der Waals surface area contributed by atoms with Crippen molar-refractivity contribution < 1.29 is 4.79 Å². The van der Waals surface area contributed by atoms with Crippen LogP contribution in [0.15, 0.2) is 24.3 Å². The highest BCUT2D eigenvalue weighted by Crippen LogP contribution is 2.17. The monoisotopic (exact) mass is 325 g/mol. The minimum atomic E-state index is 0.0230. The summed E-state index contributed by atoms with van der Waals surface area (Å²) in [6.45, 7) is 7.06. The first-order valence-corrected chi connectivity index (χ1v) is 8.15. The summed E-state index contributed by atoms with van der Waals surface area (Å²) in [5.41, 5.74) is 5.20. The van der Waals surface area contributed by atoms with Gasteiger partial charge in [0.2, 0.25) is 5.91 Å². The van der Waals surface area contributed by atoms with Crippen LogP contribution in [0, 0.1) is 20.8 Å². The number of carbonyl (C=O) groups is 1. The van der Waals surface area contributed by atoms with Gasteiger partial charge >= 0.3 is 0 Å². The van der Waals surface area contributed by atoms with Crippen molar-refractivity contribution >= 4 is 16.8 Å². The molecule has 0 spiro atoms. The number of benzene rings is 1. The predicted octanol–water partition coefficient (Wildman–Crippen LogP) is 2.40. The summed E-state index contributed by atoms with van der Waals surface area (Å²) in [5, 5.41) is 13.0. The van der Waals surface area contributed by atoms with Crippen LogP contribution in [0.4, 0.5) is 0 Å². The summed E-state index contributed by atoms with van der Waals surface area (Å²) in [6, 6.07) is 8.10. The fourth-order valence-corrected chi connectivity index (χ4v) is 3.02. The van der Waals surface area contributed by atoms with Crippen molar-refractivity contribution in [3.05, 3.63) is 46.9 Å². The lowest BCUT2D eigenvalue weighted by molar-refractivity contribution is -0.121. The lowest BCUT2D eigenvalue weighted by Gasteiger charge is -2.07. The number of aromatic nitrogens is 4. The zero-order chi connectivity index (χ0) is 17.3. The first kappa shape index (κ1) is 16.2. The van der Waals surface area contributed by atoms with Gasteiger partial charge in [-0.15, -0.1) is 0 Å². The summed E-state index contributed by atoms with van der Waals surface area (Å²) < 4.78 is 3.75. The van der Waals surface area contributed by atoms with Crippen molar-refractivity contribution in [1.29, 1.82) is 0 Å². The molecular formula is C18H23N5O. The number of carbonyl (C=O) groups excluding carboxylic acids is 1. The van der Waals surface area contributed by atoms with Crippen molar-refractivity contribution in [2.75, 3.05) is 0 Å². The Kier molecular flexibility index (Phi) is 4.38. The third-order valence-electron chi connectivity index (χ3n) is 4.51. The van der Waals surface area contributed by atoms with Crippen LogP contribution in [-0.4, -0.2) is 25.5 Å². The van der Waals surface area contributed by atoms with Gasteiger partial charge in [-0.2, -0.15) is 10.2 Å². The normalized spacial score (nSPS) is 11.2. The molecule has 2 heterocycles. The van der Waals surface area contributed by atoms with E-state index in [1.54, 1.807) is 0 Å². The number of nitrogens with one attached hydrogen (secondary N) is 1. The molecular weight excluding hydrogens is 302 g/mol. The van der Waals surface area contributed by atoms with Gasteiger partial charge in [0.1, 0.15) is 0 Å². The number of hydrogen-bond acceptors (Lipinski definition) is 3. The highest BCUT2D eigenvalue weighted by Gasteiger charge is 2.12. The summed E-state index contributed by atoms with van der Waals surface area (Å²) in [4.78, 5) is 12.2. The molecule has 6 heteroatoms. The van der Waals surface area contributed by atoms with E-state index in [2.05, 4.69) is 21.6 Å². The average molecular weight is 325 g/mol. The summed E-state index contributed by atoms with van der Waals surface area (Å²) in [6.07, 6.45) is 0.406. The minimum Gasteiger partial charge on any atom is -0.352 e. The van der Waals surface area contributed by atoms with Crippen molar-refractivity contribution in [1.82, 2.24) is 24.9 Å². The van der Waals surface area contributed by atoms with Crippen LogP contribution in [0.2, 0.25) is 0 Å². The van der Waals surface area contributed by atoms with Crippen LogP contribution in [0.5, 0.6) is 0 Å². The third-order valence-corrected chi connectivity index (χ3v) is 4.51. The molecule has 0 saturated carbocycles. The summed E-state index contributed by atoms with van der Waals surface area (Å²) >= 11 is 0. The van der Waals surface area contributed by atoms with Crippen LogP contribution < -0.4 is 5.32 Å². The zero-order valence-corrected chi connectivity index (χ0v) is 14.6. The van der Waals surface area contributed by atoms with Crippen molar-refractivity contribution in [3.8, 4) is 0 Å². The molecule has 0 bridgehead atoms. The van der Waals surface area contributed by atoms with E-state index < -0.39 is 0 Å².